The summed E-state index contributed by atoms with van der Waals surface area (Å²) in [5.74, 6) is 0.903. The van der Waals surface area contributed by atoms with Crippen molar-refractivity contribution < 1.29 is 4.79 Å². The molecule has 2 rings (SSSR count). The number of carbonyl (C=O) groups excluding carboxylic acids is 1. The summed E-state index contributed by atoms with van der Waals surface area (Å²) in [5, 5.41) is 6.17. The van der Waals surface area contributed by atoms with Crippen LogP contribution in [0.2, 0.25) is 0 Å². The van der Waals surface area contributed by atoms with Crippen molar-refractivity contribution in [1.29, 1.82) is 0 Å². The summed E-state index contributed by atoms with van der Waals surface area (Å²) >= 11 is 0. The van der Waals surface area contributed by atoms with Crippen molar-refractivity contribution in [3.05, 3.63) is 35.4 Å². The number of benzene rings is 1. The minimum atomic E-state index is 0.0848. The second-order valence-electron chi connectivity index (χ2n) is 4.97. The van der Waals surface area contributed by atoms with Gasteiger partial charge >= 0.3 is 0 Å². The van der Waals surface area contributed by atoms with E-state index in [1.54, 1.807) is 0 Å². The van der Waals surface area contributed by atoms with E-state index in [9.17, 15) is 4.79 Å². The molecule has 1 aliphatic rings. The maximum Gasteiger partial charge on any atom is 0.234 e. The summed E-state index contributed by atoms with van der Waals surface area (Å²) in [6, 6.07) is 8.26. The zero-order valence-electron chi connectivity index (χ0n) is 11.0. The van der Waals surface area contributed by atoms with Gasteiger partial charge in [-0.15, -0.1) is 0 Å². The molecule has 0 bridgehead atoms. The first-order chi connectivity index (χ1) is 8.79. The Hall–Kier alpha value is -1.35. The first-order valence-corrected chi connectivity index (χ1v) is 6.83. The van der Waals surface area contributed by atoms with E-state index in [0.717, 1.165) is 18.9 Å². The zero-order chi connectivity index (χ0) is 12.8. The van der Waals surface area contributed by atoms with Crippen molar-refractivity contribution >= 4 is 5.91 Å². The highest BCUT2D eigenvalue weighted by atomic mass is 16.1. The van der Waals surface area contributed by atoms with Crippen molar-refractivity contribution in [3.63, 3.8) is 0 Å². The highest BCUT2D eigenvalue weighted by molar-refractivity contribution is 5.78. The Morgan fingerprint density at radius 3 is 2.67 bits per heavy atom. The summed E-state index contributed by atoms with van der Waals surface area (Å²) in [7, 11) is 0. The molecule has 0 aliphatic heterocycles. The molecule has 18 heavy (non-hydrogen) atoms. The molecule has 0 radical (unpaired) electrons. The SMILES string of the molecule is CCc1ccccc1CNC(=O)CNCC1CC1. The van der Waals surface area contributed by atoms with Crippen molar-refractivity contribution in [2.75, 3.05) is 13.1 Å². The van der Waals surface area contributed by atoms with Crippen LogP contribution in [0, 0.1) is 5.92 Å². The number of aryl methyl sites for hydroxylation is 1. The highest BCUT2D eigenvalue weighted by Gasteiger charge is 2.20. The summed E-state index contributed by atoms with van der Waals surface area (Å²) in [5.41, 5.74) is 2.53. The smallest absolute Gasteiger partial charge is 0.234 e. The van der Waals surface area contributed by atoms with E-state index in [2.05, 4.69) is 29.7 Å². The molecule has 0 spiro atoms. The van der Waals surface area contributed by atoms with Crippen molar-refractivity contribution in [2.24, 2.45) is 5.92 Å². The molecule has 0 unspecified atom stereocenters. The monoisotopic (exact) mass is 246 g/mol. The lowest BCUT2D eigenvalue weighted by atomic mass is 10.1. The van der Waals surface area contributed by atoms with E-state index in [1.165, 1.54) is 24.0 Å². The van der Waals surface area contributed by atoms with Gasteiger partial charge in [-0.05, 0) is 42.9 Å². The van der Waals surface area contributed by atoms with E-state index in [1.807, 2.05) is 12.1 Å². The molecule has 1 amide bonds. The third-order valence-corrected chi connectivity index (χ3v) is 3.39. The van der Waals surface area contributed by atoms with Crippen LogP contribution < -0.4 is 10.6 Å². The molecule has 0 saturated heterocycles. The molecule has 1 aromatic rings. The standard InChI is InChI=1S/C15H22N2O/c1-2-13-5-3-4-6-14(13)10-17-15(18)11-16-9-12-7-8-12/h3-6,12,16H,2,7-11H2,1H3,(H,17,18). The molecule has 0 heterocycles. The molecule has 98 valence electrons. The van der Waals surface area contributed by atoms with Gasteiger partial charge in [-0.2, -0.15) is 0 Å². The van der Waals surface area contributed by atoms with Crippen LogP contribution in [-0.2, 0) is 17.8 Å². The average Bonchev–Trinajstić information content (AvgIpc) is 3.21. The first-order valence-electron chi connectivity index (χ1n) is 6.83. The summed E-state index contributed by atoms with van der Waals surface area (Å²) in [4.78, 5) is 11.6. The number of nitrogens with one attached hydrogen (secondary N) is 2. The molecule has 0 atom stereocenters. The molecular formula is C15H22N2O. The maximum absolute atomic E-state index is 11.6. The van der Waals surface area contributed by atoms with Crippen LogP contribution in [0.1, 0.15) is 30.9 Å². The Bertz CT molecular complexity index is 399. The van der Waals surface area contributed by atoms with Crippen molar-refractivity contribution in [2.45, 2.75) is 32.7 Å². The number of amides is 1. The Morgan fingerprint density at radius 2 is 2.00 bits per heavy atom. The Balaban J connectivity index is 1.70. The minimum absolute atomic E-state index is 0.0848. The van der Waals surface area contributed by atoms with Gasteiger partial charge in [0.2, 0.25) is 5.91 Å². The van der Waals surface area contributed by atoms with E-state index < -0.39 is 0 Å². The largest absolute Gasteiger partial charge is 0.351 e. The maximum atomic E-state index is 11.6. The minimum Gasteiger partial charge on any atom is -0.351 e. The van der Waals surface area contributed by atoms with Crippen LogP contribution in [0.5, 0.6) is 0 Å². The normalized spacial score (nSPS) is 14.5. The molecule has 1 fully saturated rings. The van der Waals surface area contributed by atoms with E-state index >= 15 is 0 Å². The Morgan fingerprint density at radius 1 is 1.28 bits per heavy atom. The number of rotatable bonds is 7. The lowest BCUT2D eigenvalue weighted by molar-refractivity contribution is -0.120. The fourth-order valence-electron chi connectivity index (χ4n) is 2.04. The Kier molecular flexibility index (Phi) is 4.76. The quantitative estimate of drug-likeness (QED) is 0.771. The molecular weight excluding hydrogens is 224 g/mol. The van der Waals surface area contributed by atoms with Gasteiger partial charge in [0.25, 0.3) is 0 Å². The van der Waals surface area contributed by atoms with Gasteiger partial charge in [0.1, 0.15) is 0 Å². The molecule has 1 aromatic carbocycles. The van der Waals surface area contributed by atoms with Crippen molar-refractivity contribution in [1.82, 2.24) is 10.6 Å². The summed E-state index contributed by atoms with van der Waals surface area (Å²) in [6.45, 7) is 4.19. The molecule has 0 aromatic heterocycles. The van der Waals surface area contributed by atoms with Crippen LogP contribution in [-0.4, -0.2) is 19.0 Å². The molecule has 3 heteroatoms. The Labute approximate surface area is 109 Å². The predicted molar refractivity (Wildman–Crippen MR) is 73.3 cm³/mol. The predicted octanol–water partition coefficient (Wildman–Crippen LogP) is 1.86. The third kappa shape index (κ3) is 4.15. The highest BCUT2D eigenvalue weighted by Crippen LogP contribution is 2.27. The zero-order valence-corrected chi connectivity index (χ0v) is 11.0. The number of hydrogen-bond acceptors (Lipinski definition) is 2. The second-order valence-corrected chi connectivity index (χ2v) is 4.97. The van der Waals surface area contributed by atoms with Crippen LogP contribution in [0.15, 0.2) is 24.3 Å². The summed E-state index contributed by atoms with van der Waals surface area (Å²) in [6.07, 6.45) is 3.64. The van der Waals surface area contributed by atoms with Crippen molar-refractivity contribution in [3.8, 4) is 0 Å². The first kappa shape index (κ1) is 13.1. The van der Waals surface area contributed by atoms with E-state index in [0.29, 0.717) is 13.1 Å². The van der Waals surface area contributed by atoms with Gasteiger partial charge in [-0.25, -0.2) is 0 Å². The molecule has 1 saturated carbocycles. The fraction of sp³-hybridized carbons (Fsp3) is 0.533. The van der Waals surface area contributed by atoms with Gasteiger partial charge in [-0.3, -0.25) is 4.79 Å². The topological polar surface area (TPSA) is 41.1 Å². The number of hydrogen-bond donors (Lipinski definition) is 2. The lowest BCUT2D eigenvalue weighted by Crippen LogP contribution is -2.34. The van der Waals surface area contributed by atoms with Crippen LogP contribution in [0.25, 0.3) is 0 Å². The van der Waals surface area contributed by atoms with E-state index in [-0.39, 0.29) is 5.91 Å². The molecule has 3 nitrogen and oxygen atoms in total. The second kappa shape index (κ2) is 6.55. The van der Waals surface area contributed by atoms with Gasteiger partial charge in [0, 0.05) is 6.54 Å². The number of carbonyl (C=O) groups is 1. The fourth-order valence-corrected chi connectivity index (χ4v) is 2.04. The van der Waals surface area contributed by atoms with Gasteiger partial charge in [-0.1, -0.05) is 31.2 Å². The van der Waals surface area contributed by atoms with Crippen LogP contribution in [0.3, 0.4) is 0 Å². The van der Waals surface area contributed by atoms with Gasteiger partial charge < -0.3 is 10.6 Å². The molecule has 1 aliphatic carbocycles. The average molecular weight is 246 g/mol. The van der Waals surface area contributed by atoms with Crippen LogP contribution >= 0.6 is 0 Å². The van der Waals surface area contributed by atoms with Crippen LogP contribution in [0.4, 0.5) is 0 Å². The molecule has 2 N–H and O–H groups in total. The third-order valence-electron chi connectivity index (χ3n) is 3.39. The summed E-state index contributed by atoms with van der Waals surface area (Å²) < 4.78 is 0. The van der Waals surface area contributed by atoms with E-state index in [4.69, 9.17) is 0 Å². The van der Waals surface area contributed by atoms with Gasteiger partial charge in [0.15, 0.2) is 0 Å². The van der Waals surface area contributed by atoms with Gasteiger partial charge in [0.05, 0.1) is 6.54 Å². The lowest BCUT2D eigenvalue weighted by Gasteiger charge is -2.09.